The van der Waals surface area contributed by atoms with E-state index in [0.29, 0.717) is 5.92 Å². The lowest BCUT2D eigenvalue weighted by molar-refractivity contribution is 0.446. The maximum atomic E-state index is 3.78. The molecule has 1 aliphatic rings. The van der Waals surface area contributed by atoms with E-state index in [1.54, 1.807) is 5.56 Å². The lowest BCUT2D eigenvalue weighted by Gasteiger charge is -2.25. The number of benzene rings is 5. The summed E-state index contributed by atoms with van der Waals surface area (Å²) >= 11 is 0. The molecule has 1 aromatic heterocycles. The number of H-pyrrole nitrogens is 1. The molecular formula is C30H25N. The Bertz CT molecular complexity index is 1610. The molecule has 0 saturated heterocycles. The fraction of sp³-hybridized carbons (Fsp3) is 0.200. The lowest BCUT2D eigenvalue weighted by atomic mass is 9.79. The molecule has 0 bridgehead atoms. The van der Waals surface area contributed by atoms with Gasteiger partial charge in [-0.2, -0.15) is 0 Å². The Labute approximate surface area is 181 Å². The first-order valence-corrected chi connectivity index (χ1v) is 11.7. The van der Waals surface area contributed by atoms with Crippen LogP contribution in [0.2, 0.25) is 0 Å². The highest BCUT2D eigenvalue weighted by Gasteiger charge is 2.23. The Morgan fingerprint density at radius 3 is 2.10 bits per heavy atom. The maximum absolute atomic E-state index is 3.78. The number of nitrogens with one attached hydrogen (secondary N) is 1. The number of aromatic amines is 1. The largest absolute Gasteiger partial charge is 0.354 e. The van der Waals surface area contributed by atoms with Crippen molar-refractivity contribution in [3.8, 4) is 0 Å². The van der Waals surface area contributed by atoms with Crippen LogP contribution < -0.4 is 0 Å². The van der Waals surface area contributed by atoms with Crippen molar-refractivity contribution in [1.82, 2.24) is 4.98 Å². The molecule has 1 fully saturated rings. The highest BCUT2D eigenvalue weighted by Crippen LogP contribution is 2.47. The molecule has 0 unspecified atom stereocenters. The molecule has 1 heterocycles. The van der Waals surface area contributed by atoms with Gasteiger partial charge in [-0.15, -0.1) is 0 Å². The van der Waals surface area contributed by atoms with Gasteiger partial charge < -0.3 is 4.98 Å². The van der Waals surface area contributed by atoms with Crippen molar-refractivity contribution in [2.45, 2.75) is 38.0 Å². The highest BCUT2D eigenvalue weighted by molar-refractivity contribution is 6.36. The molecule has 0 atom stereocenters. The Kier molecular flexibility index (Phi) is 3.69. The van der Waals surface area contributed by atoms with Crippen LogP contribution in [0, 0.1) is 0 Å². The summed E-state index contributed by atoms with van der Waals surface area (Å²) in [7, 11) is 0. The van der Waals surface area contributed by atoms with Gasteiger partial charge >= 0.3 is 0 Å². The average molecular weight is 400 g/mol. The maximum Gasteiger partial charge on any atom is 0.0551 e. The smallest absolute Gasteiger partial charge is 0.0551 e. The van der Waals surface area contributed by atoms with Gasteiger partial charge in [-0.25, -0.2) is 0 Å². The van der Waals surface area contributed by atoms with E-state index in [1.165, 1.54) is 86.2 Å². The first-order valence-electron chi connectivity index (χ1n) is 11.7. The van der Waals surface area contributed by atoms with Crippen LogP contribution >= 0.6 is 0 Å². The summed E-state index contributed by atoms with van der Waals surface area (Å²) in [4.78, 5) is 3.78. The monoisotopic (exact) mass is 399 g/mol. The summed E-state index contributed by atoms with van der Waals surface area (Å²) in [5.74, 6) is 0.659. The third-order valence-electron chi connectivity index (χ3n) is 7.55. The molecule has 1 heteroatoms. The predicted octanol–water partition coefficient (Wildman–Crippen LogP) is 8.83. The van der Waals surface area contributed by atoms with Crippen molar-refractivity contribution in [2.24, 2.45) is 0 Å². The number of hydrogen-bond donors (Lipinski definition) is 1. The average Bonchev–Trinajstić information content (AvgIpc) is 3.24. The second-order valence-corrected chi connectivity index (χ2v) is 9.24. The normalized spacial score (nSPS) is 15.6. The van der Waals surface area contributed by atoms with E-state index in [4.69, 9.17) is 0 Å². The Morgan fingerprint density at radius 1 is 0.581 bits per heavy atom. The van der Waals surface area contributed by atoms with E-state index in [0.717, 1.165) is 0 Å². The zero-order valence-corrected chi connectivity index (χ0v) is 17.6. The number of rotatable bonds is 1. The molecule has 0 amide bonds. The van der Waals surface area contributed by atoms with E-state index in [-0.39, 0.29) is 0 Å². The summed E-state index contributed by atoms with van der Waals surface area (Å²) in [6.45, 7) is 0. The van der Waals surface area contributed by atoms with Crippen molar-refractivity contribution in [3.63, 3.8) is 0 Å². The molecule has 5 aromatic carbocycles. The van der Waals surface area contributed by atoms with E-state index in [2.05, 4.69) is 83.8 Å². The summed E-state index contributed by atoms with van der Waals surface area (Å²) in [6, 6.07) is 29.3. The van der Waals surface area contributed by atoms with Crippen molar-refractivity contribution in [2.75, 3.05) is 0 Å². The summed E-state index contributed by atoms with van der Waals surface area (Å²) < 4.78 is 0. The van der Waals surface area contributed by atoms with Gasteiger partial charge in [-0.1, -0.05) is 92.1 Å². The molecule has 6 aromatic rings. The van der Waals surface area contributed by atoms with Gasteiger partial charge in [0.25, 0.3) is 0 Å². The van der Waals surface area contributed by atoms with Gasteiger partial charge in [-0.3, -0.25) is 0 Å². The van der Waals surface area contributed by atoms with Gasteiger partial charge in [0, 0.05) is 27.1 Å². The van der Waals surface area contributed by atoms with Crippen LogP contribution in [-0.4, -0.2) is 4.98 Å². The zero-order valence-electron chi connectivity index (χ0n) is 17.6. The molecule has 1 N–H and O–H groups in total. The molecule has 150 valence electrons. The molecule has 0 spiro atoms. The minimum Gasteiger partial charge on any atom is -0.354 e. The van der Waals surface area contributed by atoms with Gasteiger partial charge in [-0.05, 0) is 51.9 Å². The first-order chi connectivity index (χ1) is 15.4. The van der Waals surface area contributed by atoms with Crippen LogP contribution in [0.15, 0.2) is 78.9 Å². The van der Waals surface area contributed by atoms with Crippen LogP contribution in [0.4, 0.5) is 0 Å². The number of fused-ring (bicyclic) bond motifs is 10. The molecular weight excluding hydrogens is 374 g/mol. The fourth-order valence-corrected chi connectivity index (χ4v) is 6.18. The number of para-hydroxylation sites is 1. The Morgan fingerprint density at radius 2 is 1.26 bits per heavy atom. The van der Waals surface area contributed by atoms with Crippen LogP contribution in [0.25, 0.3) is 54.1 Å². The number of aromatic nitrogens is 1. The quantitative estimate of drug-likeness (QED) is 0.266. The molecule has 31 heavy (non-hydrogen) atoms. The van der Waals surface area contributed by atoms with Gasteiger partial charge in [0.2, 0.25) is 0 Å². The predicted molar refractivity (Wildman–Crippen MR) is 134 cm³/mol. The van der Waals surface area contributed by atoms with Crippen molar-refractivity contribution in [3.05, 3.63) is 84.4 Å². The summed E-state index contributed by atoms with van der Waals surface area (Å²) in [5, 5.41) is 11.1. The minimum absolute atomic E-state index is 0.659. The molecule has 0 aliphatic heterocycles. The lowest BCUT2D eigenvalue weighted by Crippen LogP contribution is -2.05. The standard InChI is InChI=1S/C30H25N/c1-2-10-19(11-3-1)25-18-20-12-4-5-13-21(20)28-27(25)22-14-6-7-15-23(22)30-29(28)24-16-8-9-17-26(24)31-30/h4-9,12-19,31H,1-3,10-11H2. The highest BCUT2D eigenvalue weighted by atomic mass is 14.7. The molecule has 0 radical (unpaired) electrons. The summed E-state index contributed by atoms with van der Waals surface area (Å²) in [5.41, 5.74) is 4.06. The van der Waals surface area contributed by atoms with Crippen molar-refractivity contribution < 1.29 is 0 Å². The second-order valence-electron chi connectivity index (χ2n) is 9.24. The van der Waals surface area contributed by atoms with Crippen LogP contribution in [0.5, 0.6) is 0 Å². The zero-order chi connectivity index (χ0) is 20.4. The van der Waals surface area contributed by atoms with Gasteiger partial charge in [0.05, 0.1) is 5.52 Å². The van der Waals surface area contributed by atoms with Gasteiger partial charge in [0.15, 0.2) is 0 Å². The number of hydrogen-bond acceptors (Lipinski definition) is 0. The van der Waals surface area contributed by atoms with Crippen molar-refractivity contribution in [1.29, 1.82) is 0 Å². The molecule has 1 saturated carbocycles. The third kappa shape index (κ3) is 2.44. The van der Waals surface area contributed by atoms with Crippen LogP contribution in [0.1, 0.15) is 43.6 Å². The molecule has 1 nitrogen and oxygen atoms in total. The molecule has 7 rings (SSSR count). The fourth-order valence-electron chi connectivity index (χ4n) is 6.18. The van der Waals surface area contributed by atoms with Gasteiger partial charge in [0.1, 0.15) is 0 Å². The second kappa shape index (κ2) is 6.59. The SMILES string of the molecule is c1ccc2c(c1)cc(C1CCCCC1)c1c3ccccc3c3[nH]c4ccccc4c3c21. The van der Waals surface area contributed by atoms with Crippen molar-refractivity contribution >= 4 is 54.1 Å². The van der Waals surface area contributed by atoms with Crippen LogP contribution in [0.3, 0.4) is 0 Å². The van der Waals surface area contributed by atoms with E-state index >= 15 is 0 Å². The minimum atomic E-state index is 0.659. The van der Waals surface area contributed by atoms with Crippen LogP contribution in [-0.2, 0) is 0 Å². The Hall–Kier alpha value is -3.32. The summed E-state index contributed by atoms with van der Waals surface area (Å²) in [6.07, 6.45) is 6.72. The molecule has 1 aliphatic carbocycles. The Balaban J connectivity index is 1.81. The van der Waals surface area contributed by atoms with E-state index in [9.17, 15) is 0 Å². The van der Waals surface area contributed by atoms with E-state index < -0.39 is 0 Å². The third-order valence-corrected chi connectivity index (χ3v) is 7.55. The topological polar surface area (TPSA) is 15.8 Å². The first kappa shape index (κ1) is 17.4. The van der Waals surface area contributed by atoms with E-state index in [1.807, 2.05) is 0 Å².